The van der Waals surface area contributed by atoms with Crippen LogP contribution in [0.2, 0.25) is 0 Å². The van der Waals surface area contributed by atoms with Gasteiger partial charge in [-0.2, -0.15) is 0 Å². The van der Waals surface area contributed by atoms with Crippen molar-refractivity contribution in [1.29, 1.82) is 0 Å². The van der Waals surface area contributed by atoms with E-state index in [2.05, 4.69) is 20.6 Å². The first kappa shape index (κ1) is 19.7. The number of rotatable bonds is 6. The van der Waals surface area contributed by atoms with Gasteiger partial charge >= 0.3 is 0 Å². The van der Waals surface area contributed by atoms with Crippen LogP contribution in [0.1, 0.15) is 11.1 Å². The fraction of sp³-hybridized carbons (Fsp3) is 0.0833. The molecule has 0 saturated heterocycles. The van der Waals surface area contributed by atoms with Gasteiger partial charge in [0.1, 0.15) is 11.4 Å². The minimum atomic E-state index is -0.960. The van der Waals surface area contributed by atoms with Gasteiger partial charge in [0.05, 0.1) is 25.5 Å². The molecule has 3 aromatic carbocycles. The molecule has 158 valence electrons. The Labute approximate surface area is 182 Å². The Balaban J connectivity index is 1.48. The third-order valence-corrected chi connectivity index (χ3v) is 5.06. The largest absolute Gasteiger partial charge is 0.247 e. The van der Waals surface area contributed by atoms with E-state index < -0.39 is 11.6 Å². The summed E-state index contributed by atoms with van der Waals surface area (Å²) in [6.07, 6.45) is 3.41. The van der Waals surface area contributed by atoms with Gasteiger partial charge in [0.15, 0.2) is 11.6 Å². The number of hydrogen-bond acceptors (Lipinski definition) is 4. The molecule has 0 saturated carbocycles. The fourth-order valence-electron chi connectivity index (χ4n) is 3.51. The summed E-state index contributed by atoms with van der Waals surface area (Å²) in [6.45, 7) is 1.03. The van der Waals surface area contributed by atoms with Gasteiger partial charge in [-0.05, 0) is 23.3 Å². The first-order valence-corrected chi connectivity index (χ1v) is 10.0. The second-order valence-corrected chi connectivity index (χ2v) is 7.39. The van der Waals surface area contributed by atoms with Gasteiger partial charge in [0, 0.05) is 11.1 Å². The summed E-state index contributed by atoms with van der Waals surface area (Å²) in [7, 11) is 0. The van der Waals surface area contributed by atoms with E-state index in [0.717, 1.165) is 23.3 Å². The lowest BCUT2D eigenvalue weighted by atomic mass is 10.0. The SMILES string of the molecule is Fc1cc(-c2cn(Cc3ccccc3)nn2)c(-c2cn(Cc3ccccc3)nn2)cc1F. The van der Waals surface area contributed by atoms with Crippen LogP contribution in [-0.4, -0.2) is 30.0 Å². The number of hydrogen-bond donors (Lipinski definition) is 0. The summed E-state index contributed by atoms with van der Waals surface area (Å²) in [4.78, 5) is 0. The molecule has 0 spiro atoms. The Bertz CT molecular complexity index is 1240. The van der Waals surface area contributed by atoms with Crippen LogP contribution in [0.3, 0.4) is 0 Å². The first-order chi connectivity index (χ1) is 15.7. The number of nitrogens with zero attached hydrogens (tertiary/aromatic N) is 6. The van der Waals surface area contributed by atoms with Crippen LogP contribution in [0.25, 0.3) is 22.5 Å². The van der Waals surface area contributed by atoms with Crippen molar-refractivity contribution in [1.82, 2.24) is 30.0 Å². The van der Waals surface area contributed by atoms with E-state index >= 15 is 0 Å². The van der Waals surface area contributed by atoms with Crippen molar-refractivity contribution in [3.63, 3.8) is 0 Å². The molecule has 0 aliphatic rings. The highest BCUT2D eigenvalue weighted by atomic mass is 19.2. The highest BCUT2D eigenvalue weighted by molar-refractivity contribution is 5.79. The highest BCUT2D eigenvalue weighted by Crippen LogP contribution is 2.32. The molecule has 0 amide bonds. The van der Waals surface area contributed by atoms with E-state index in [4.69, 9.17) is 0 Å². The van der Waals surface area contributed by atoms with Crippen molar-refractivity contribution in [2.24, 2.45) is 0 Å². The lowest BCUT2D eigenvalue weighted by molar-refractivity contribution is 0.509. The van der Waals surface area contributed by atoms with Gasteiger partial charge in [-0.15, -0.1) is 10.2 Å². The summed E-state index contributed by atoms with van der Waals surface area (Å²) in [5.41, 5.74) is 3.75. The number of aromatic nitrogens is 6. The Hall–Kier alpha value is -4.20. The third-order valence-electron chi connectivity index (χ3n) is 5.06. The molecule has 5 rings (SSSR count). The topological polar surface area (TPSA) is 61.4 Å². The molecule has 0 N–H and O–H groups in total. The van der Waals surface area contributed by atoms with E-state index in [9.17, 15) is 8.78 Å². The monoisotopic (exact) mass is 428 g/mol. The zero-order valence-corrected chi connectivity index (χ0v) is 16.9. The third kappa shape index (κ3) is 4.15. The molecule has 0 fully saturated rings. The predicted octanol–water partition coefficient (Wildman–Crippen LogP) is 4.58. The van der Waals surface area contributed by atoms with Crippen LogP contribution >= 0.6 is 0 Å². The average Bonchev–Trinajstić information content (AvgIpc) is 3.47. The molecule has 0 unspecified atom stereocenters. The zero-order chi connectivity index (χ0) is 21.9. The molecule has 2 heterocycles. The Morgan fingerprint density at radius 3 is 1.41 bits per heavy atom. The molecule has 2 aromatic heterocycles. The van der Waals surface area contributed by atoms with Crippen LogP contribution in [0, 0.1) is 11.6 Å². The number of benzene rings is 3. The van der Waals surface area contributed by atoms with E-state index in [-0.39, 0.29) is 0 Å². The van der Waals surface area contributed by atoms with Crippen LogP contribution in [0.4, 0.5) is 8.78 Å². The van der Waals surface area contributed by atoms with E-state index in [1.54, 1.807) is 21.8 Å². The maximum Gasteiger partial charge on any atom is 0.159 e. The number of halogens is 2. The summed E-state index contributed by atoms with van der Waals surface area (Å²) < 4.78 is 31.6. The van der Waals surface area contributed by atoms with Crippen molar-refractivity contribution in [2.75, 3.05) is 0 Å². The van der Waals surface area contributed by atoms with Gasteiger partial charge < -0.3 is 0 Å². The normalized spacial score (nSPS) is 11.1. The summed E-state index contributed by atoms with van der Waals surface area (Å²) in [6, 6.07) is 21.8. The van der Waals surface area contributed by atoms with Crippen LogP contribution < -0.4 is 0 Å². The van der Waals surface area contributed by atoms with Crippen LogP contribution in [0.15, 0.2) is 85.2 Å². The average molecular weight is 428 g/mol. The maximum absolute atomic E-state index is 14.1. The maximum atomic E-state index is 14.1. The Morgan fingerprint density at radius 2 is 1.00 bits per heavy atom. The van der Waals surface area contributed by atoms with Gasteiger partial charge in [-0.25, -0.2) is 18.1 Å². The van der Waals surface area contributed by atoms with Gasteiger partial charge in [-0.1, -0.05) is 71.1 Å². The quantitative estimate of drug-likeness (QED) is 0.397. The van der Waals surface area contributed by atoms with Crippen molar-refractivity contribution in [3.8, 4) is 22.5 Å². The molecule has 8 heteroatoms. The van der Waals surface area contributed by atoms with E-state index in [0.29, 0.717) is 35.6 Å². The van der Waals surface area contributed by atoms with E-state index in [1.165, 1.54) is 0 Å². The second kappa shape index (κ2) is 8.50. The van der Waals surface area contributed by atoms with E-state index in [1.807, 2.05) is 60.7 Å². The minimum absolute atomic E-state index is 0.398. The molecule has 0 bridgehead atoms. The standard InChI is InChI=1S/C24H18F2N6/c25-21-11-19(23-15-31(29-27-23)13-17-7-3-1-4-8-17)20(12-22(21)26)24-16-32(30-28-24)14-18-9-5-2-6-10-18/h1-12,15-16H,13-14H2. The lowest BCUT2D eigenvalue weighted by Gasteiger charge is -2.06. The summed E-state index contributed by atoms with van der Waals surface area (Å²) in [5.74, 6) is -1.92. The molecule has 0 radical (unpaired) electrons. The van der Waals surface area contributed by atoms with Crippen molar-refractivity contribution < 1.29 is 8.78 Å². The van der Waals surface area contributed by atoms with Crippen molar-refractivity contribution in [3.05, 3.63) is 108 Å². The Morgan fingerprint density at radius 1 is 0.594 bits per heavy atom. The molecule has 0 atom stereocenters. The zero-order valence-electron chi connectivity index (χ0n) is 16.9. The van der Waals surface area contributed by atoms with Gasteiger partial charge in [0.2, 0.25) is 0 Å². The predicted molar refractivity (Wildman–Crippen MR) is 115 cm³/mol. The molecule has 0 aliphatic heterocycles. The lowest BCUT2D eigenvalue weighted by Crippen LogP contribution is -1.99. The molecular weight excluding hydrogens is 410 g/mol. The Kier molecular flexibility index (Phi) is 5.25. The molecule has 32 heavy (non-hydrogen) atoms. The summed E-state index contributed by atoms with van der Waals surface area (Å²) >= 11 is 0. The first-order valence-electron chi connectivity index (χ1n) is 10.0. The van der Waals surface area contributed by atoms with Crippen molar-refractivity contribution in [2.45, 2.75) is 13.1 Å². The highest BCUT2D eigenvalue weighted by Gasteiger charge is 2.18. The fourth-order valence-corrected chi connectivity index (χ4v) is 3.51. The summed E-state index contributed by atoms with van der Waals surface area (Å²) in [5, 5.41) is 16.7. The smallest absolute Gasteiger partial charge is 0.159 e. The molecule has 5 aromatic rings. The molecular formula is C24H18F2N6. The second-order valence-electron chi connectivity index (χ2n) is 7.39. The van der Waals surface area contributed by atoms with Gasteiger partial charge in [0.25, 0.3) is 0 Å². The molecule has 6 nitrogen and oxygen atoms in total. The minimum Gasteiger partial charge on any atom is -0.247 e. The molecule has 0 aliphatic carbocycles. The van der Waals surface area contributed by atoms with Crippen LogP contribution in [0.5, 0.6) is 0 Å². The van der Waals surface area contributed by atoms with Crippen molar-refractivity contribution >= 4 is 0 Å². The van der Waals surface area contributed by atoms with Crippen LogP contribution in [-0.2, 0) is 13.1 Å². The van der Waals surface area contributed by atoms with Gasteiger partial charge in [-0.3, -0.25) is 0 Å².